The molecule has 0 radical (unpaired) electrons. The molecule has 0 aliphatic rings. The average Bonchev–Trinajstić information content (AvgIpc) is 2.31. The molecule has 0 atom stereocenters. The molecule has 0 aromatic heterocycles. The predicted octanol–water partition coefficient (Wildman–Crippen LogP) is 2.42. The number of rotatable bonds is 7. The van der Waals surface area contributed by atoms with Crippen molar-refractivity contribution in [3.05, 3.63) is 34.3 Å². The second-order valence-electron chi connectivity index (χ2n) is 5.01. The van der Waals surface area contributed by atoms with Gasteiger partial charge < -0.3 is 14.9 Å². The average molecular weight is 285 g/mol. The third kappa shape index (κ3) is 5.59. The first-order valence-corrected chi connectivity index (χ1v) is 6.63. The normalized spacial score (nSPS) is 11.3. The van der Waals surface area contributed by atoms with Crippen LogP contribution in [-0.2, 0) is 6.54 Å². The summed E-state index contributed by atoms with van der Waals surface area (Å²) in [6.45, 7) is 2.76. The van der Waals surface area contributed by atoms with Crippen LogP contribution < -0.4 is 0 Å². The van der Waals surface area contributed by atoms with Gasteiger partial charge in [0, 0.05) is 11.6 Å². The minimum atomic E-state index is -0.951. The van der Waals surface area contributed by atoms with Crippen molar-refractivity contribution in [3.8, 4) is 0 Å². The van der Waals surface area contributed by atoms with E-state index in [9.17, 15) is 4.79 Å². The number of hydrogen-bond acceptors (Lipinski definition) is 3. The molecule has 0 saturated heterocycles. The van der Waals surface area contributed by atoms with Gasteiger partial charge in [-0.1, -0.05) is 17.7 Å². The van der Waals surface area contributed by atoms with E-state index in [1.165, 1.54) is 6.07 Å². The van der Waals surface area contributed by atoms with Crippen LogP contribution in [0.5, 0.6) is 0 Å². The molecule has 19 heavy (non-hydrogen) atoms. The van der Waals surface area contributed by atoms with Gasteiger partial charge in [-0.05, 0) is 58.3 Å². The van der Waals surface area contributed by atoms with Crippen LogP contribution >= 0.6 is 11.6 Å². The summed E-state index contributed by atoms with van der Waals surface area (Å²) in [7, 11) is 6.15. The third-order valence-electron chi connectivity index (χ3n) is 2.89. The van der Waals surface area contributed by atoms with Gasteiger partial charge in [0.05, 0.1) is 5.56 Å². The molecule has 1 N–H and O–H groups in total. The summed E-state index contributed by atoms with van der Waals surface area (Å²) < 4.78 is 0. The highest BCUT2D eigenvalue weighted by Gasteiger charge is 2.08. The highest BCUT2D eigenvalue weighted by Crippen LogP contribution is 2.19. The van der Waals surface area contributed by atoms with E-state index in [4.69, 9.17) is 16.7 Å². The van der Waals surface area contributed by atoms with Crippen molar-refractivity contribution < 1.29 is 9.90 Å². The third-order valence-corrected chi connectivity index (χ3v) is 3.24. The van der Waals surface area contributed by atoms with Gasteiger partial charge in [0.15, 0.2) is 0 Å². The molecule has 106 valence electrons. The fourth-order valence-electron chi connectivity index (χ4n) is 1.84. The molecule has 1 rings (SSSR count). The van der Waals surface area contributed by atoms with Gasteiger partial charge in [-0.15, -0.1) is 0 Å². The summed E-state index contributed by atoms with van der Waals surface area (Å²) in [6.07, 6.45) is 1.09. The van der Waals surface area contributed by atoms with E-state index in [1.54, 1.807) is 12.1 Å². The second-order valence-corrected chi connectivity index (χ2v) is 5.41. The van der Waals surface area contributed by atoms with Crippen LogP contribution in [0.25, 0.3) is 0 Å². The van der Waals surface area contributed by atoms with Crippen molar-refractivity contribution in [2.45, 2.75) is 13.0 Å². The maximum Gasteiger partial charge on any atom is 0.335 e. The standard InChI is InChI=1S/C14H21ClN2O2/c1-16(2)7-4-8-17(3)10-12-6-5-11(14(18)19)9-13(12)15/h5-6,9H,4,7-8,10H2,1-3H3,(H,18,19). The maximum absolute atomic E-state index is 10.8. The van der Waals surface area contributed by atoms with Gasteiger partial charge in [0.1, 0.15) is 0 Å². The van der Waals surface area contributed by atoms with Crippen molar-refractivity contribution in [2.24, 2.45) is 0 Å². The van der Waals surface area contributed by atoms with Gasteiger partial charge >= 0.3 is 5.97 Å². The van der Waals surface area contributed by atoms with Crippen LogP contribution in [0.4, 0.5) is 0 Å². The molecule has 0 heterocycles. The van der Waals surface area contributed by atoms with Gasteiger partial charge in [-0.3, -0.25) is 0 Å². The molecule has 1 aromatic rings. The SMILES string of the molecule is CN(C)CCCN(C)Cc1ccc(C(=O)O)cc1Cl. The largest absolute Gasteiger partial charge is 0.478 e. The number of benzene rings is 1. The van der Waals surface area contributed by atoms with E-state index in [-0.39, 0.29) is 5.56 Å². The lowest BCUT2D eigenvalue weighted by Gasteiger charge is -2.19. The van der Waals surface area contributed by atoms with Crippen LogP contribution in [0.3, 0.4) is 0 Å². The Hall–Kier alpha value is -1.10. The molecule has 1 aromatic carbocycles. The summed E-state index contributed by atoms with van der Waals surface area (Å²) >= 11 is 6.10. The van der Waals surface area contributed by atoms with Crippen LogP contribution in [-0.4, -0.2) is 55.1 Å². The lowest BCUT2D eigenvalue weighted by atomic mass is 10.1. The van der Waals surface area contributed by atoms with Crippen molar-refractivity contribution in [1.82, 2.24) is 9.80 Å². The molecule has 0 fully saturated rings. The van der Waals surface area contributed by atoms with Gasteiger partial charge in [-0.2, -0.15) is 0 Å². The Labute approximate surface area is 119 Å². The lowest BCUT2D eigenvalue weighted by Crippen LogP contribution is -2.23. The van der Waals surface area contributed by atoms with Crippen molar-refractivity contribution in [2.75, 3.05) is 34.2 Å². The maximum atomic E-state index is 10.8. The number of carbonyl (C=O) groups is 1. The molecule has 0 aliphatic carbocycles. The quantitative estimate of drug-likeness (QED) is 0.835. The highest BCUT2D eigenvalue weighted by atomic mass is 35.5. The van der Waals surface area contributed by atoms with Crippen LogP contribution in [0.2, 0.25) is 5.02 Å². The summed E-state index contributed by atoms with van der Waals surface area (Å²) in [5, 5.41) is 9.39. The molecule has 4 nitrogen and oxygen atoms in total. The number of carboxylic acids is 1. The Kier molecular flexibility index (Phi) is 6.28. The zero-order valence-electron chi connectivity index (χ0n) is 11.7. The predicted molar refractivity (Wildman–Crippen MR) is 77.9 cm³/mol. The fraction of sp³-hybridized carbons (Fsp3) is 0.500. The first-order chi connectivity index (χ1) is 8.90. The first kappa shape index (κ1) is 16.0. The van der Waals surface area contributed by atoms with E-state index in [1.807, 2.05) is 7.05 Å². The first-order valence-electron chi connectivity index (χ1n) is 6.25. The molecule has 5 heteroatoms. The molecule has 0 amide bonds. The molecular weight excluding hydrogens is 264 g/mol. The Bertz CT molecular complexity index is 435. The Morgan fingerprint density at radius 2 is 1.95 bits per heavy atom. The number of nitrogens with zero attached hydrogens (tertiary/aromatic N) is 2. The minimum Gasteiger partial charge on any atom is -0.478 e. The minimum absolute atomic E-state index is 0.226. The number of aromatic carboxylic acids is 1. The highest BCUT2D eigenvalue weighted by molar-refractivity contribution is 6.31. The summed E-state index contributed by atoms with van der Waals surface area (Å²) in [5.74, 6) is -0.951. The zero-order chi connectivity index (χ0) is 14.4. The van der Waals surface area contributed by atoms with E-state index in [0.717, 1.165) is 31.6 Å². The molecule has 0 unspecified atom stereocenters. The molecule has 0 saturated carbocycles. The van der Waals surface area contributed by atoms with E-state index in [2.05, 4.69) is 23.9 Å². The van der Waals surface area contributed by atoms with Crippen LogP contribution in [0.15, 0.2) is 18.2 Å². The molecule has 0 spiro atoms. The van der Waals surface area contributed by atoms with Crippen molar-refractivity contribution >= 4 is 17.6 Å². The summed E-state index contributed by atoms with van der Waals surface area (Å²) in [5.41, 5.74) is 1.18. The number of carboxylic acid groups (broad SMARTS) is 1. The molecule has 0 bridgehead atoms. The fourth-order valence-corrected chi connectivity index (χ4v) is 2.08. The Morgan fingerprint density at radius 1 is 1.26 bits per heavy atom. The molecule has 0 aliphatic heterocycles. The van der Waals surface area contributed by atoms with E-state index >= 15 is 0 Å². The smallest absolute Gasteiger partial charge is 0.335 e. The van der Waals surface area contributed by atoms with Gasteiger partial charge in [0.25, 0.3) is 0 Å². The van der Waals surface area contributed by atoms with Crippen LogP contribution in [0, 0.1) is 0 Å². The summed E-state index contributed by atoms with van der Waals surface area (Å²) in [4.78, 5) is 15.2. The Morgan fingerprint density at radius 3 is 2.47 bits per heavy atom. The lowest BCUT2D eigenvalue weighted by molar-refractivity contribution is 0.0697. The topological polar surface area (TPSA) is 43.8 Å². The van der Waals surface area contributed by atoms with Gasteiger partial charge in [-0.25, -0.2) is 4.79 Å². The summed E-state index contributed by atoms with van der Waals surface area (Å²) in [6, 6.07) is 4.89. The zero-order valence-corrected chi connectivity index (χ0v) is 12.4. The van der Waals surface area contributed by atoms with Gasteiger partial charge in [0.2, 0.25) is 0 Å². The number of hydrogen-bond donors (Lipinski definition) is 1. The monoisotopic (exact) mass is 284 g/mol. The molecular formula is C14H21ClN2O2. The van der Waals surface area contributed by atoms with Crippen molar-refractivity contribution in [3.63, 3.8) is 0 Å². The number of halogens is 1. The van der Waals surface area contributed by atoms with Crippen molar-refractivity contribution in [1.29, 1.82) is 0 Å². The van der Waals surface area contributed by atoms with E-state index < -0.39 is 5.97 Å². The van der Waals surface area contributed by atoms with E-state index in [0.29, 0.717) is 5.02 Å². The second kappa shape index (κ2) is 7.48. The van der Waals surface area contributed by atoms with Crippen LogP contribution in [0.1, 0.15) is 22.3 Å². The Balaban J connectivity index is 2.54.